The van der Waals surface area contributed by atoms with Crippen molar-refractivity contribution in [1.29, 1.82) is 5.26 Å². The van der Waals surface area contributed by atoms with Crippen LogP contribution >= 0.6 is 0 Å². The molecule has 0 atom stereocenters. The van der Waals surface area contributed by atoms with Crippen molar-refractivity contribution in [3.8, 4) is 6.07 Å². The third-order valence-corrected chi connectivity index (χ3v) is 1.97. The van der Waals surface area contributed by atoms with Crippen molar-refractivity contribution < 1.29 is 0 Å². The molecule has 6 nitrogen and oxygen atoms in total. The van der Waals surface area contributed by atoms with E-state index < -0.39 is 0 Å². The van der Waals surface area contributed by atoms with Gasteiger partial charge in [0, 0.05) is 13.1 Å². The Hall–Kier alpha value is -1.90. The standard InChI is InChI=1S/C10H16N6/c1-3-5-16(6-4-2)15-14-10-9(7-11)8-12-13-10/h8H,3-6H2,1-2H3,(H,12,13). The van der Waals surface area contributed by atoms with Gasteiger partial charge in [-0.1, -0.05) is 19.1 Å². The fourth-order valence-corrected chi connectivity index (χ4v) is 1.26. The highest BCUT2D eigenvalue weighted by Gasteiger charge is 2.03. The topological polar surface area (TPSA) is 80.4 Å². The normalized spacial score (nSPS) is 10.6. The van der Waals surface area contributed by atoms with Gasteiger partial charge in [-0.2, -0.15) is 10.4 Å². The lowest BCUT2D eigenvalue weighted by atomic mass is 10.4. The van der Waals surface area contributed by atoms with Crippen LogP contribution in [0.1, 0.15) is 32.3 Å². The molecule has 0 aliphatic carbocycles. The maximum Gasteiger partial charge on any atom is 0.190 e. The van der Waals surface area contributed by atoms with Crippen LogP contribution in [-0.2, 0) is 0 Å². The minimum absolute atomic E-state index is 0.414. The fourth-order valence-electron chi connectivity index (χ4n) is 1.26. The highest BCUT2D eigenvalue weighted by Crippen LogP contribution is 2.14. The molecule has 86 valence electrons. The summed E-state index contributed by atoms with van der Waals surface area (Å²) in [5, 5.41) is 25.1. The van der Waals surface area contributed by atoms with Crippen molar-refractivity contribution in [3.63, 3.8) is 0 Å². The molecule has 0 bridgehead atoms. The maximum absolute atomic E-state index is 8.75. The van der Waals surface area contributed by atoms with Gasteiger partial charge in [0.2, 0.25) is 0 Å². The molecule has 1 heterocycles. The van der Waals surface area contributed by atoms with Crippen molar-refractivity contribution in [2.45, 2.75) is 26.7 Å². The summed E-state index contributed by atoms with van der Waals surface area (Å²) in [6, 6.07) is 2.00. The quantitative estimate of drug-likeness (QED) is 0.590. The Balaban J connectivity index is 2.66. The van der Waals surface area contributed by atoms with Gasteiger partial charge in [-0.25, -0.2) is 0 Å². The molecule has 0 aromatic carbocycles. The Bertz CT molecular complexity index is 369. The fraction of sp³-hybridized carbons (Fsp3) is 0.600. The monoisotopic (exact) mass is 220 g/mol. The van der Waals surface area contributed by atoms with Gasteiger partial charge >= 0.3 is 0 Å². The average Bonchev–Trinajstić information content (AvgIpc) is 2.74. The van der Waals surface area contributed by atoms with Crippen LogP contribution < -0.4 is 0 Å². The molecule has 6 heteroatoms. The van der Waals surface area contributed by atoms with Crippen LogP contribution in [0.4, 0.5) is 5.82 Å². The molecular weight excluding hydrogens is 204 g/mol. The van der Waals surface area contributed by atoms with E-state index in [0.717, 1.165) is 25.9 Å². The second-order valence-electron chi connectivity index (χ2n) is 3.39. The van der Waals surface area contributed by atoms with Crippen molar-refractivity contribution in [2.24, 2.45) is 10.3 Å². The summed E-state index contributed by atoms with van der Waals surface area (Å²) in [4.78, 5) is 0. The minimum Gasteiger partial charge on any atom is -0.278 e. The van der Waals surface area contributed by atoms with E-state index in [9.17, 15) is 0 Å². The van der Waals surface area contributed by atoms with Crippen molar-refractivity contribution in [3.05, 3.63) is 11.8 Å². The molecule has 0 unspecified atom stereocenters. The molecule has 1 aromatic rings. The number of aromatic amines is 1. The Kier molecular flexibility index (Phi) is 4.99. The van der Waals surface area contributed by atoms with Gasteiger partial charge in [-0.15, -0.1) is 5.11 Å². The SMILES string of the molecule is CCCN(CCC)N=Nc1[nH]ncc1C#N. The molecule has 0 spiro atoms. The smallest absolute Gasteiger partial charge is 0.190 e. The number of H-pyrrole nitrogens is 1. The molecule has 0 saturated carbocycles. The van der Waals surface area contributed by atoms with Gasteiger partial charge in [-0.05, 0) is 12.8 Å². The molecular formula is C10H16N6. The highest BCUT2D eigenvalue weighted by molar-refractivity contribution is 5.44. The Morgan fingerprint density at radius 1 is 1.44 bits per heavy atom. The molecule has 0 aliphatic heterocycles. The molecule has 0 saturated heterocycles. The summed E-state index contributed by atoms with van der Waals surface area (Å²) in [6.07, 6.45) is 3.48. The second-order valence-corrected chi connectivity index (χ2v) is 3.39. The summed E-state index contributed by atoms with van der Waals surface area (Å²) in [5.74, 6) is 0.416. The van der Waals surface area contributed by atoms with E-state index in [2.05, 4.69) is 34.4 Å². The zero-order valence-corrected chi connectivity index (χ0v) is 9.64. The van der Waals surface area contributed by atoms with Crippen LogP contribution in [0.5, 0.6) is 0 Å². The zero-order valence-electron chi connectivity index (χ0n) is 9.64. The first-order valence-electron chi connectivity index (χ1n) is 5.41. The summed E-state index contributed by atoms with van der Waals surface area (Å²) >= 11 is 0. The predicted molar refractivity (Wildman–Crippen MR) is 60.0 cm³/mol. The van der Waals surface area contributed by atoms with Crippen molar-refractivity contribution >= 4 is 5.82 Å². The molecule has 0 aliphatic rings. The number of nitrogens with zero attached hydrogens (tertiary/aromatic N) is 5. The molecule has 0 amide bonds. The molecule has 16 heavy (non-hydrogen) atoms. The molecule has 0 fully saturated rings. The molecule has 1 aromatic heterocycles. The number of hydrogen-bond acceptors (Lipinski definition) is 4. The first-order chi connectivity index (χ1) is 7.81. The lowest BCUT2D eigenvalue weighted by Gasteiger charge is -2.14. The molecule has 0 radical (unpaired) electrons. The van der Waals surface area contributed by atoms with Crippen LogP contribution in [0.15, 0.2) is 16.5 Å². The van der Waals surface area contributed by atoms with Crippen LogP contribution in [0.3, 0.4) is 0 Å². The summed E-state index contributed by atoms with van der Waals surface area (Å²) in [6.45, 7) is 5.92. The third kappa shape index (κ3) is 3.35. The zero-order chi connectivity index (χ0) is 11.8. The third-order valence-electron chi connectivity index (χ3n) is 1.97. The van der Waals surface area contributed by atoms with E-state index in [1.54, 1.807) is 0 Å². The lowest BCUT2D eigenvalue weighted by molar-refractivity contribution is 0.270. The van der Waals surface area contributed by atoms with Gasteiger partial charge in [0.05, 0.1) is 6.20 Å². The van der Waals surface area contributed by atoms with Crippen LogP contribution in [-0.4, -0.2) is 28.3 Å². The van der Waals surface area contributed by atoms with E-state index in [0.29, 0.717) is 11.4 Å². The first kappa shape index (κ1) is 12.2. The number of aromatic nitrogens is 2. The lowest BCUT2D eigenvalue weighted by Crippen LogP contribution is -2.18. The van der Waals surface area contributed by atoms with E-state index in [4.69, 9.17) is 5.26 Å². The van der Waals surface area contributed by atoms with Crippen LogP contribution in [0.2, 0.25) is 0 Å². The molecule has 1 N–H and O–H groups in total. The molecule has 1 rings (SSSR count). The van der Waals surface area contributed by atoms with E-state index in [1.807, 2.05) is 11.1 Å². The highest BCUT2D eigenvalue weighted by atomic mass is 15.5. The maximum atomic E-state index is 8.75. The first-order valence-corrected chi connectivity index (χ1v) is 5.41. The van der Waals surface area contributed by atoms with E-state index in [1.165, 1.54) is 6.20 Å². The Morgan fingerprint density at radius 2 is 2.12 bits per heavy atom. The van der Waals surface area contributed by atoms with Crippen LogP contribution in [0.25, 0.3) is 0 Å². The largest absolute Gasteiger partial charge is 0.278 e. The van der Waals surface area contributed by atoms with Gasteiger partial charge in [0.1, 0.15) is 11.6 Å². The average molecular weight is 220 g/mol. The number of hydrogen-bond donors (Lipinski definition) is 1. The van der Waals surface area contributed by atoms with Crippen LogP contribution in [0, 0.1) is 11.3 Å². The number of rotatable bonds is 6. The Morgan fingerprint density at radius 3 is 2.69 bits per heavy atom. The van der Waals surface area contributed by atoms with Gasteiger partial charge in [0.25, 0.3) is 0 Å². The van der Waals surface area contributed by atoms with Gasteiger partial charge in [0.15, 0.2) is 5.82 Å². The van der Waals surface area contributed by atoms with Crippen molar-refractivity contribution in [2.75, 3.05) is 13.1 Å². The van der Waals surface area contributed by atoms with Gasteiger partial charge < -0.3 is 0 Å². The minimum atomic E-state index is 0.414. The Labute approximate surface area is 95.0 Å². The van der Waals surface area contributed by atoms with E-state index >= 15 is 0 Å². The number of nitriles is 1. The van der Waals surface area contributed by atoms with Gasteiger partial charge in [-0.3, -0.25) is 10.1 Å². The summed E-state index contributed by atoms with van der Waals surface area (Å²) < 4.78 is 0. The number of nitrogens with one attached hydrogen (secondary N) is 1. The van der Waals surface area contributed by atoms with Crippen molar-refractivity contribution in [1.82, 2.24) is 15.2 Å². The predicted octanol–water partition coefficient (Wildman–Crippen LogP) is 2.40. The summed E-state index contributed by atoms with van der Waals surface area (Å²) in [7, 11) is 0. The summed E-state index contributed by atoms with van der Waals surface area (Å²) in [5.41, 5.74) is 0.414. The second kappa shape index (κ2) is 6.56. The van der Waals surface area contributed by atoms with E-state index in [-0.39, 0.29) is 0 Å².